The first kappa shape index (κ1) is 21.0. The maximum atomic E-state index is 13.6. The van der Waals surface area contributed by atoms with E-state index < -0.39 is 21.5 Å². The van der Waals surface area contributed by atoms with Gasteiger partial charge in [-0.05, 0) is 63.6 Å². The summed E-state index contributed by atoms with van der Waals surface area (Å²) in [5.41, 5.74) is 1.70. The molecule has 0 unspecified atom stereocenters. The molecule has 6 nitrogen and oxygen atoms in total. The molecule has 0 fully saturated rings. The zero-order chi connectivity index (χ0) is 21.4. The lowest BCUT2D eigenvalue weighted by Crippen LogP contribution is -2.40. The number of rotatable bonds is 5. The van der Waals surface area contributed by atoms with Gasteiger partial charge in [-0.1, -0.05) is 12.1 Å². The number of aromatic amines is 1. The highest BCUT2D eigenvalue weighted by atomic mass is 32.2. The topological polar surface area (TPSA) is 91.1 Å². The molecule has 0 radical (unpaired) electrons. The molecule has 0 aliphatic rings. The molecule has 29 heavy (non-hydrogen) atoms. The largest absolute Gasteiger partial charge is 0.358 e. The highest BCUT2D eigenvalue weighted by Gasteiger charge is 2.25. The Kier molecular flexibility index (Phi) is 5.51. The highest BCUT2D eigenvalue weighted by Crippen LogP contribution is 2.26. The van der Waals surface area contributed by atoms with Crippen LogP contribution in [0.2, 0.25) is 0 Å². The van der Waals surface area contributed by atoms with E-state index in [1.165, 1.54) is 24.3 Å². The molecule has 0 saturated heterocycles. The van der Waals surface area contributed by atoms with Crippen molar-refractivity contribution in [2.75, 3.05) is 5.32 Å². The molecule has 0 aliphatic heterocycles. The predicted octanol–water partition coefficient (Wildman–Crippen LogP) is 3.87. The number of anilines is 1. The number of carbonyl (C=O) groups is 1. The van der Waals surface area contributed by atoms with Crippen molar-refractivity contribution in [2.45, 2.75) is 44.6 Å². The van der Waals surface area contributed by atoms with Crippen LogP contribution in [0.3, 0.4) is 0 Å². The molecule has 1 heterocycles. The molecule has 0 bridgehead atoms. The smallest absolute Gasteiger partial charge is 0.243 e. The number of carbonyl (C=O) groups excluding carboxylic acids is 1. The molecule has 1 amide bonds. The van der Waals surface area contributed by atoms with Crippen LogP contribution in [-0.2, 0) is 21.2 Å². The Morgan fingerprint density at radius 2 is 1.83 bits per heavy atom. The van der Waals surface area contributed by atoms with Gasteiger partial charge in [0.2, 0.25) is 15.9 Å². The lowest BCUT2D eigenvalue weighted by atomic mass is 10.1. The van der Waals surface area contributed by atoms with Gasteiger partial charge in [-0.25, -0.2) is 17.5 Å². The van der Waals surface area contributed by atoms with Crippen LogP contribution in [0.25, 0.3) is 10.9 Å². The third-order valence-electron chi connectivity index (χ3n) is 4.31. The van der Waals surface area contributed by atoms with Gasteiger partial charge < -0.3 is 10.3 Å². The summed E-state index contributed by atoms with van der Waals surface area (Å²) in [7, 11) is -3.83. The number of aryl methyl sites for hydroxylation is 1. The summed E-state index contributed by atoms with van der Waals surface area (Å²) in [4.78, 5) is 15.8. The summed E-state index contributed by atoms with van der Waals surface area (Å²) in [5, 5.41) is 3.31. The van der Waals surface area contributed by atoms with E-state index >= 15 is 0 Å². The van der Waals surface area contributed by atoms with E-state index in [0.717, 1.165) is 11.2 Å². The van der Waals surface area contributed by atoms with E-state index in [1.807, 2.05) is 6.92 Å². The first-order chi connectivity index (χ1) is 13.5. The Morgan fingerprint density at radius 1 is 1.14 bits per heavy atom. The van der Waals surface area contributed by atoms with E-state index in [9.17, 15) is 17.6 Å². The van der Waals surface area contributed by atoms with Crippen molar-refractivity contribution >= 4 is 32.5 Å². The molecule has 1 aromatic heterocycles. The van der Waals surface area contributed by atoms with E-state index in [0.29, 0.717) is 10.9 Å². The Bertz CT molecular complexity index is 1180. The minimum absolute atomic E-state index is 0.00929. The average Bonchev–Trinajstić information content (AvgIpc) is 2.88. The van der Waals surface area contributed by atoms with Crippen LogP contribution in [-0.4, -0.2) is 24.8 Å². The summed E-state index contributed by atoms with van der Waals surface area (Å²) in [6.07, 6.45) is -0.0175. The lowest BCUT2D eigenvalue weighted by molar-refractivity contribution is -0.115. The van der Waals surface area contributed by atoms with Gasteiger partial charge in [-0.2, -0.15) is 0 Å². The number of benzene rings is 2. The van der Waals surface area contributed by atoms with Crippen LogP contribution in [0.15, 0.2) is 47.4 Å². The summed E-state index contributed by atoms with van der Waals surface area (Å²) in [6.45, 7) is 7.03. The van der Waals surface area contributed by atoms with Crippen molar-refractivity contribution in [1.82, 2.24) is 9.71 Å². The molecular weight excluding hydrogens is 393 g/mol. The van der Waals surface area contributed by atoms with Crippen LogP contribution >= 0.6 is 0 Å². The van der Waals surface area contributed by atoms with Gasteiger partial charge in [-0.15, -0.1) is 0 Å². The summed E-state index contributed by atoms with van der Waals surface area (Å²) >= 11 is 0. The number of halogens is 1. The molecule has 3 rings (SSSR count). The SMILES string of the molecule is Cc1[nH]c2ccc(F)cc2c1CC(=O)Nc1ccccc1S(=O)(=O)NC(C)(C)C. The molecule has 3 N–H and O–H groups in total. The van der Waals surface area contributed by atoms with Crippen LogP contribution in [0.5, 0.6) is 0 Å². The van der Waals surface area contributed by atoms with E-state index in [-0.39, 0.29) is 22.8 Å². The number of hydrogen-bond acceptors (Lipinski definition) is 3. The summed E-state index contributed by atoms with van der Waals surface area (Å²) in [6, 6.07) is 10.6. The maximum Gasteiger partial charge on any atom is 0.243 e. The molecule has 154 valence electrons. The van der Waals surface area contributed by atoms with Gasteiger partial charge in [0.1, 0.15) is 10.7 Å². The monoisotopic (exact) mass is 417 g/mol. The Morgan fingerprint density at radius 3 is 2.52 bits per heavy atom. The second-order valence-corrected chi connectivity index (χ2v) is 9.65. The quantitative estimate of drug-likeness (QED) is 0.588. The summed E-state index contributed by atoms with van der Waals surface area (Å²) < 4.78 is 41.7. The van der Waals surface area contributed by atoms with Gasteiger partial charge in [0.05, 0.1) is 12.1 Å². The van der Waals surface area contributed by atoms with Crippen LogP contribution in [0.4, 0.5) is 10.1 Å². The third-order valence-corrected chi connectivity index (χ3v) is 6.13. The Balaban J connectivity index is 1.88. The zero-order valence-electron chi connectivity index (χ0n) is 16.8. The molecule has 0 atom stereocenters. The standard InChI is InChI=1S/C21H24FN3O3S/c1-13-15(16-11-14(22)9-10-17(16)23-13)12-20(26)24-18-7-5-6-8-19(18)29(27,28)25-21(2,3)4/h5-11,23,25H,12H2,1-4H3,(H,24,26). The second kappa shape index (κ2) is 7.61. The molecule has 0 aliphatic carbocycles. The molecule has 8 heteroatoms. The molecule has 0 spiro atoms. The number of H-pyrrole nitrogens is 1. The van der Waals surface area contributed by atoms with Gasteiger partial charge in [-0.3, -0.25) is 4.79 Å². The number of amides is 1. The van der Waals surface area contributed by atoms with Crippen LogP contribution in [0, 0.1) is 12.7 Å². The fourth-order valence-electron chi connectivity index (χ4n) is 3.20. The van der Waals surface area contributed by atoms with Gasteiger partial charge >= 0.3 is 0 Å². The fraction of sp³-hybridized carbons (Fsp3) is 0.286. The first-order valence-corrected chi connectivity index (χ1v) is 10.6. The third kappa shape index (κ3) is 4.83. The Labute approximate surface area is 169 Å². The van der Waals surface area contributed by atoms with E-state index in [1.54, 1.807) is 39.0 Å². The number of hydrogen-bond donors (Lipinski definition) is 3. The van der Waals surface area contributed by atoms with Gasteiger partial charge in [0.25, 0.3) is 0 Å². The number of para-hydroxylation sites is 1. The maximum absolute atomic E-state index is 13.6. The number of fused-ring (bicyclic) bond motifs is 1. The number of aromatic nitrogens is 1. The van der Waals surface area contributed by atoms with Crippen molar-refractivity contribution in [3.05, 3.63) is 59.5 Å². The minimum Gasteiger partial charge on any atom is -0.358 e. The normalized spacial score (nSPS) is 12.3. The number of nitrogens with one attached hydrogen (secondary N) is 3. The fourth-order valence-corrected chi connectivity index (χ4v) is 4.78. The highest BCUT2D eigenvalue weighted by molar-refractivity contribution is 7.89. The van der Waals surface area contributed by atoms with Crippen LogP contribution in [0.1, 0.15) is 32.0 Å². The molecule has 0 saturated carbocycles. The number of sulfonamides is 1. The van der Waals surface area contributed by atoms with E-state index in [4.69, 9.17) is 0 Å². The lowest BCUT2D eigenvalue weighted by Gasteiger charge is -2.21. The predicted molar refractivity (Wildman–Crippen MR) is 112 cm³/mol. The van der Waals surface area contributed by atoms with Crippen molar-refractivity contribution in [3.63, 3.8) is 0 Å². The van der Waals surface area contributed by atoms with Crippen molar-refractivity contribution < 1.29 is 17.6 Å². The summed E-state index contributed by atoms with van der Waals surface area (Å²) in [5.74, 6) is -0.778. The van der Waals surface area contributed by atoms with Crippen LogP contribution < -0.4 is 10.0 Å². The first-order valence-electron chi connectivity index (χ1n) is 9.16. The average molecular weight is 418 g/mol. The second-order valence-electron chi connectivity index (χ2n) is 8.00. The van der Waals surface area contributed by atoms with Gasteiger partial charge in [0, 0.05) is 22.1 Å². The molecule has 2 aromatic carbocycles. The Hall–Kier alpha value is -2.71. The van der Waals surface area contributed by atoms with Crippen molar-refractivity contribution in [1.29, 1.82) is 0 Å². The van der Waals surface area contributed by atoms with Crippen molar-refractivity contribution in [3.8, 4) is 0 Å². The van der Waals surface area contributed by atoms with Crippen molar-refractivity contribution in [2.24, 2.45) is 0 Å². The molecule has 3 aromatic rings. The van der Waals surface area contributed by atoms with E-state index in [2.05, 4.69) is 15.0 Å². The minimum atomic E-state index is -3.83. The van der Waals surface area contributed by atoms with Gasteiger partial charge in [0.15, 0.2) is 0 Å². The zero-order valence-corrected chi connectivity index (χ0v) is 17.6. The molecular formula is C21H24FN3O3S.